The van der Waals surface area contributed by atoms with Crippen LogP contribution in [0.3, 0.4) is 0 Å². The summed E-state index contributed by atoms with van der Waals surface area (Å²) in [5.41, 5.74) is 1.10. The molecular formula is C16H16BrClFNO. The number of halogens is 3. The number of rotatable bonds is 5. The highest BCUT2D eigenvalue weighted by atomic mass is 79.9. The van der Waals surface area contributed by atoms with Crippen molar-refractivity contribution >= 4 is 27.5 Å². The molecule has 0 saturated carbocycles. The van der Waals surface area contributed by atoms with Crippen LogP contribution in [0.15, 0.2) is 40.9 Å². The zero-order valence-corrected chi connectivity index (χ0v) is 14.1. The lowest BCUT2D eigenvalue weighted by Crippen LogP contribution is -2.21. The maximum atomic E-state index is 13.5. The molecule has 112 valence electrons. The third-order valence-electron chi connectivity index (χ3n) is 2.82. The summed E-state index contributed by atoms with van der Waals surface area (Å²) in [5, 5.41) is 3.40. The Balaban J connectivity index is 2.16. The molecule has 0 bridgehead atoms. The third-order valence-corrected chi connectivity index (χ3v) is 3.72. The topological polar surface area (TPSA) is 21.3 Å². The van der Waals surface area contributed by atoms with E-state index in [1.165, 1.54) is 12.1 Å². The largest absolute Gasteiger partial charge is 0.456 e. The molecule has 0 spiro atoms. The molecule has 0 heterocycles. The minimum Gasteiger partial charge on any atom is -0.456 e. The highest BCUT2D eigenvalue weighted by Crippen LogP contribution is 2.33. The standard InChI is InChI=1S/C16H16BrClFNO/c1-10(2)20-9-11-4-3-5-12(6-11)21-16-8-15(19)14(18)7-13(16)17/h3-8,10,20H,9H2,1-2H3. The van der Waals surface area contributed by atoms with Crippen molar-refractivity contribution < 1.29 is 9.13 Å². The summed E-state index contributed by atoms with van der Waals surface area (Å²) in [6.07, 6.45) is 0. The Morgan fingerprint density at radius 3 is 2.76 bits per heavy atom. The van der Waals surface area contributed by atoms with E-state index in [1.807, 2.05) is 24.3 Å². The van der Waals surface area contributed by atoms with Crippen molar-refractivity contribution in [3.05, 3.63) is 57.3 Å². The van der Waals surface area contributed by atoms with E-state index in [1.54, 1.807) is 0 Å². The zero-order chi connectivity index (χ0) is 15.4. The fourth-order valence-electron chi connectivity index (χ4n) is 1.75. The molecule has 0 aliphatic carbocycles. The predicted octanol–water partition coefficient (Wildman–Crippen LogP) is 5.53. The maximum Gasteiger partial charge on any atom is 0.145 e. The molecule has 0 unspecified atom stereocenters. The summed E-state index contributed by atoms with van der Waals surface area (Å²) in [6.45, 7) is 4.94. The lowest BCUT2D eigenvalue weighted by molar-refractivity contribution is 0.472. The van der Waals surface area contributed by atoms with Gasteiger partial charge in [0.2, 0.25) is 0 Å². The normalized spacial score (nSPS) is 11.0. The van der Waals surface area contributed by atoms with Gasteiger partial charge in [-0.2, -0.15) is 0 Å². The van der Waals surface area contributed by atoms with Crippen LogP contribution in [0.2, 0.25) is 5.02 Å². The van der Waals surface area contributed by atoms with Gasteiger partial charge in [-0.1, -0.05) is 37.6 Å². The molecule has 2 aromatic rings. The third kappa shape index (κ3) is 4.70. The van der Waals surface area contributed by atoms with Gasteiger partial charge in [-0.05, 0) is 39.7 Å². The number of benzene rings is 2. The fourth-order valence-corrected chi connectivity index (χ4v) is 2.47. The van der Waals surface area contributed by atoms with E-state index in [9.17, 15) is 4.39 Å². The van der Waals surface area contributed by atoms with Crippen LogP contribution >= 0.6 is 27.5 Å². The van der Waals surface area contributed by atoms with Crippen LogP contribution in [-0.2, 0) is 6.54 Å². The van der Waals surface area contributed by atoms with Crippen LogP contribution in [0.1, 0.15) is 19.4 Å². The van der Waals surface area contributed by atoms with Crippen LogP contribution in [0.4, 0.5) is 4.39 Å². The van der Waals surface area contributed by atoms with Crippen LogP contribution in [0.5, 0.6) is 11.5 Å². The Morgan fingerprint density at radius 2 is 2.05 bits per heavy atom. The van der Waals surface area contributed by atoms with Gasteiger partial charge in [-0.25, -0.2) is 4.39 Å². The smallest absolute Gasteiger partial charge is 0.145 e. The van der Waals surface area contributed by atoms with Crippen LogP contribution < -0.4 is 10.1 Å². The van der Waals surface area contributed by atoms with Crippen LogP contribution in [-0.4, -0.2) is 6.04 Å². The van der Waals surface area contributed by atoms with E-state index < -0.39 is 5.82 Å². The lowest BCUT2D eigenvalue weighted by atomic mass is 10.2. The van der Waals surface area contributed by atoms with Crippen molar-refractivity contribution in [3.63, 3.8) is 0 Å². The lowest BCUT2D eigenvalue weighted by Gasteiger charge is -2.11. The number of ether oxygens (including phenoxy) is 1. The van der Waals surface area contributed by atoms with E-state index in [2.05, 4.69) is 35.1 Å². The molecule has 2 aromatic carbocycles. The predicted molar refractivity (Wildman–Crippen MR) is 87.6 cm³/mol. The van der Waals surface area contributed by atoms with Gasteiger partial charge in [0, 0.05) is 18.7 Å². The van der Waals surface area contributed by atoms with Gasteiger partial charge < -0.3 is 10.1 Å². The Labute approximate surface area is 137 Å². The molecule has 0 saturated heterocycles. The average Bonchev–Trinajstić information content (AvgIpc) is 2.43. The molecule has 0 fully saturated rings. The first kappa shape index (κ1) is 16.3. The summed E-state index contributed by atoms with van der Waals surface area (Å²) < 4.78 is 19.8. The molecule has 0 aliphatic rings. The summed E-state index contributed by atoms with van der Waals surface area (Å²) in [6, 6.07) is 10.8. The van der Waals surface area contributed by atoms with Gasteiger partial charge in [0.15, 0.2) is 0 Å². The summed E-state index contributed by atoms with van der Waals surface area (Å²) >= 11 is 9.03. The molecule has 2 rings (SSSR count). The van der Waals surface area contributed by atoms with Crippen molar-refractivity contribution in [1.82, 2.24) is 5.32 Å². The van der Waals surface area contributed by atoms with Gasteiger partial charge in [0.05, 0.1) is 9.50 Å². The van der Waals surface area contributed by atoms with Crippen molar-refractivity contribution in [2.24, 2.45) is 0 Å². The van der Waals surface area contributed by atoms with Crippen LogP contribution in [0.25, 0.3) is 0 Å². The summed E-state index contributed by atoms with van der Waals surface area (Å²) in [7, 11) is 0. The van der Waals surface area contributed by atoms with Crippen LogP contribution in [0, 0.1) is 5.82 Å². The molecule has 2 nitrogen and oxygen atoms in total. The number of hydrogen-bond acceptors (Lipinski definition) is 2. The first-order valence-electron chi connectivity index (χ1n) is 6.60. The second-order valence-corrected chi connectivity index (χ2v) is 6.24. The minimum absolute atomic E-state index is 0.0594. The van der Waals surface area contributed by atoms with Gasteiger partial charge >= 0.3 is 0 Å². The van der Waals surface area contributed by atoms with Crippen molar-refractivity contribution in [3.8, 4) is 11.5 Å². The monoisotopic (exact) mass is 371 g/mol. The highest BCUT2D eigenvalue weighted by Gasteiger charge is 2.09. The molecule has 0 aromatic heterocycles. The quantitative estimate of drug-likeness (QED) is 0.697. The molecule has 1 N–H and O–H groups in total. The second kappa shape index (κ2) is 7.25. The Hall–Kier alpha value is -1.10. The van der Waals surface area contributed by atoms with Gasteiger partial charge in [-0.3, -0.25) is 0 Å². The number of nitrogens with one attached hydrogen (secondary N) is 1. The maximum absolute atomic E-state index is 13.5. The molecule has 0 radical (unpaired) electrons. The van der Waals surface area contributed by atoms with Crippen molar-refractivity contribution in [1.29, 1.82) is 0 Å². The van der Waals surface area contributed by atoms with Crippen molar-refractivity contribution in [2.45, 2.75) is 26.4 Å². The van der Waals surface area contributed by atoms with E-state index in [-0.39, 0.29) is 5.02 Å². The minimum atomic E-state index is -0.507. The van der Waals surface area contributed by atoms with E-state index in [0.29, 0.717) is 22.0 Å². The zero-order valence-electron chi connectivity index (χ0n) is 11.8. The van der Waals surface area contributed by atoms with Gasteiger partial charge in [0.25, 0.3) is 0 Å². The second-order valence-electron chi connectivity index (χ2n) is 4.98. The first-order chi connectivity index (χ1) is 9.95. The van der Waals surface area contributed by atoms with E-state index in [4.69, 9.17) is 16.3 Å². The molecule has 0 atom stereocenters. The fraction of sp³-hybridized carbons (Fsp3) is 0.250. The SMILES string of the molecule is CC(C)NCc1cccc(Oc2cc(F)c(Cl)cc2Br)c1. The average molecular weight is 373 g/mol. The highest BCUT2D eigenvalue weighted by molar-refractivity contribution is 9.10. The molecule has 5 heteroatoms. The summed E-state index contributed by atoms with van der Waals surface area (Å²) in [4.78, 5) is 0. The Kier molecular flexibility index (Phi) is 5.62. The summed E-state index contributed by atoms with van der Waals surface area (Å²) in [5.74, 6) is 0.541. The van der Waals surface area contributed by atoms with Crippen molar-refractivity contribution in [2.75, 3.05) is 0 Å². The van der Waals surface area contributed by atoms with E-state index in [0.717, 1.165) is 12.1 Å². The van der Waals surface area contributed by atoms with Gasteiger partial charge in [0.1, 0.15) is 17.3 Å². The molecular weight excluding hydrogens is 357 g/mol. The molecule has 21 heavy (non-hydrogen) atoms. The number of hydrogen-bond donors (Lipinski definition) is 1. The van der Waals surface area contributed by atoms with Gasteiger partial charge in [-0.15, -0.1) is 0 Å². The first-order valence-corrected chi connectivity index (χ1v) is 7.77. The molecule has 0 amide bonds. The Morgan fingerprint density at radius 1 is 1.29 bits per heavy atom. The van der Waals surface area contributed by atoms with E-state index >= 15 is 0 Å². The Bertz CT molecular complexity index is 634. The molecule has 0 aliphatic heterocycles.